The van der Waals surface area contributed by atoms with Gasteiger partial charge in [-0.2, -0.15) is 0 Å². The van der Waals surface area contributed by atoms with Gasteiger partial charge < -0.3 is 0 Å². The summed E-state index contributed by atoms with van der Waals surface area (Å²) in [5, 5.41) is 1.76. The fraction of sp³-hybridized carbons (Fsp3) is 0. The van der Waals surface area contributed by atoms with E-state index in [1.165, 1.54) is 0 Å². The summed E-state index contributed by atoms with van der Waals surface area (Å²) in [6, 6.07) is 36.6. The van der Waals surface area contributed by atoms with Crippen LogP contribution < -0.4 is 0 Å². The molecule has 1 heterocycles. The predicted molar refractivity (Wildman–Crippen MR) is 131 cm³/mol. The molecule has 148 valence electrons. The van der Waals surface area contributed by atoms with E-state index in [1.807, 2.05) is 85.1 Å². The number of aromatic nitrogens is 1. The van der Waals surface area contributed by atoms with Crippen LogP contribution in [0.25, 0.3) is 33.3 Å². The van der Waals surface area contributed by atoms with Crippen molar-refractivity contribution in [2.45, 2.75) is 0 Å². The first kappa shape index (κ1) is 19.2. The van der Waals surface area contributed by atoms with E-state index in [1.54, 1.807) is 0 Å². The molecule has 0 atom stereocenters. The molecule has 0 saturated heterocycles. The summed E-state index contributed by atoms with van der Waals surface area (Å²) in [5.41, 5.74) is 7.14. The number of rotatable bonds is 4. The first-order chi connectivity index (χ1) is 15.3. The third-order valence-corrected chi connectivity index (χ3v) is 5.42. The number of fused-ring (bicyclic) bond motifs is 1. The van der Waals surface area contributed by atoms with Crippen LogP contribution in [0.5, 0.6) is 0 Å². The molecule has 4 aromatic carbocycles. The second-order valence-electron chi connectivity index (χ2n) is 7.30. The largest absolute Gasteiger partial charge is 0.256 e. The van der Waals surface area contributed by atoms with Gasteiger partial charge in [-0.05, 0) is 53.1 Å². The van der Waals surface area contributed by atoms with Gasteiger partial charge in [-0.15, -0.1) is 0 Å². The van der Waals surface area contributed by atoms with Crippen LogP contribution in [0, 0.1) is 0 Å². The first-order valence-corrected chi connectivity index (χ1v) is 10.5. The molecule has 0 spiro atoms. The number of hydrogen-bond acceptors (Lipinski definition) is 2. The monoisotopic (exact) mass is 418 g/mol. The topological polar surface area (TPSA) is 25.2 Å². The van der Waals surface area contributed by atoms with E-state index in [-0.39, 0.29) is 0 Å². The molecule has 0 aliphatic heterocycles. The first-order valence-electron chi connectivity index (χ1n) is 10.1. The molecule has 0 bridgehead atoms. The average molecular weight is 419 g/mol. The molecule has 0 saturated carbocycles. The van der Waals surface area contributed by atoms with E-state index in [0.717, 1.165) is 44.5 Å². The molecule has 3 heteroatoms. The van der Waals surface area contributed by atoms with Crippen LogP contribution in [0.4, 0.5) is 5.69 Å². The van der Waals surface area contributed by atoms with Crippen molar-refractivity contribution in [1.82, 2.24) is 4.98 Å². The van der Waals surface area contributed by atoms with Crippen LogP contribution in [-0.4, -0.2) is 11.2 Å². The van der Waals surface area contributed by atoms with Crippen molar-refractivity contribution in [1.29, 1.82) is 0 Å². The minimum absolute atomic E-state index is 0.708. The van der Waals surface area contributed by atoms with Crippen LogP contribution in [0.3, 0.4) is 0 Å². The molecule has 5 aromatic rings. The Morgan fingerprint density at radius 3 is 2.13 bits per heavy atom. The number of pyridine rings is 1. The molecule has 1 aromatic heterocycles. The second-order valence-corrected chi connectivity index (χ2v) is 7.73. The van der Waals surface area contributed by atoms with Crippen molar-refractivity contribution < 1.29 is 0 Å². The molecule has 0 aliphatic rings. The zero-order valence-electron chi connectivity index (χ0n) is 16.7. The number of nitrogens with zero attached hydrogens (tertiary/aromatic N) is 2. The van der Waals surface area contributed by atoms with E-state index in [4.69, 9.17) is 16.6 Å². The summed E-state index contributed by atoms with van der Waals surface area (Å²) < 4.78 is 0. The van der Waals surface area contributed by atoms with Crippen molar-refractivity contribution in [3.05, 3.63) is 120 Å². The van der Waals surface area contributed by atoms with E-state index < -0.39 is 0 Å². The number of benzene rings is 4. The zero-order chi connectivity index (χ0) is 21.0. The minimum Gasteiger partial charge on any atom is -0.256 e. The molecular weight excluding hydrogens is 400 g/mol. The molecule has 0 amide bonds. The van der Waals surface area contributed by atoms with Gasteiger partial charge in [-0.1, -0.05) is 84.4 Å². The SMILES string of the molecule is Clc1ccc2nc(-c3ccc(N=Cc4ccccc4)cc3)cc(-c3ccccc3)c2c1. The molecule has 0 fully saturated rings. The maximum atomic E-state index is 6.29. The second kappa shape index (κ2) is 8.55. The Balaban J connectivity index is 1.54. The van der Waals surface area contributed by atoms with Crippen molar-refractivity contribution in [3.8, 4) is 22.4 Å². The average Bonchev–Trinajstić information content (AvgIpc) is 2.84. The maximum Gasteiger partial charge on any atom is 0.0716 e. The van der Waals surface area contributed by atoms with E-state index in [2.05, 4.69) is 35.3 Å². The zero-order valence-corrected chi connectivity index (χ0v) is 17.5. The Kier molecular flexibility index (Phi) is 5.30. The summed E-state index contributed by atoms with van der Waals surface area (Å²) >= 11 is 6.29. The van der Waals surface area contributed by atoms with Crippen LogP contribution in [0.2, 0.25) is 5.02 Å². The van der Waals surface area contributed by atoms with E-state index >= 15 is 0 Å². The lowest BCUT2D eigenvalue weighted by molar-refractivity contribution is 1.39. The van der Waals surface area contributed by atoms with E-state index in [9.17, 15) is 0 Å². The molecule has 31 heavy (non-hydrogen) atoms. The van der Waals surface area contributed by atoms with Crippen molar-refractivity contribution in [2.75, 3.05) is 0 Å². The predicted octanol–water partition coefficient (Wildman–Crippen LogP) is 7.97. The summed E-state index contributed by atoms with van der Waals surface area (Å²) in [4.78, 5) is 9.47. The lowest BCUT2D eigenvalue weighted by Gasteiger charge is -2.11. The van der Waals surface area contributed by atoms with Gasteiger partial charge in [0.1, 0.15) is 0 Å². The van der Waals surface area contributed by atoms with Gasteiger partial charge in [0.05, 0.1) is 16.9 Å². The highest BCUT2D eigenvalue weighted by Gasteiger charge is 2.10. The highest BCUT2D eigenvalue weighted by atomic mass is 35.5. The Morgan fingerprint density at radius 1 is 0.677 bits per heavy atom. The van der Waals surface area contributed by atoms with Gasteiger partial charge in [-0.3, -0.25) is 4.99 Å². The number of aliphatic imine (C=N–C) groups is 1. The molecule has 0 N–H and O–H groups in total. The lowest BCUT2D eigenvalue weighted by atomic mass is 9.98. The normalized spacial score (nSPS) is 11.3. The van der Waals surface area contributed by atoms with Crippen LogP contribution >= 0.6 is 11.6 Å². The molecule has 2 nitrogen and oxygen atoms in total. The van der Waals surface area contributed by atoms with Gasteiger partial charge in [0.25, 0.3) is 0 Å². The van der Waals surface area contributed by atoms with Crippen LogP contribution in [0.1, 0.15) is 5.56 Å². The highest BCUT2D eigenvalue weighted by molar-refractivity contribution is 6.31. The van der Waals surface area contributed by atoms with Gasteiger partial charge in [-0.25, -0.2) is 4.98 Å². The Labute approximate surface area is 186 Å². The smallest absolute Gasteiger partial charge is 0.0716 e. The molecular formula is C28H19ClN2. The van der Waals surface area contributed by atoms with Crippen molar-refractivity contribution in [2.24, 2.45) is 4.99 Å². The Bertz CT molecular complexity index is 1360. The van der Waals surface area contributed by atoms with Gasteiger partial charge in [0, 0.05) is 22.2 Å². The summed E-state index contributed by atoms with van der Waals surface area (Å²) in [6.45, 7) is 0. The van der Waals surface area contributed by atoms with Gasteiger partial charge in [0.15, 0.2) is 0 Å². The van der Waals surface area contributed by atoms with Gasteiger partial charge >= 0.3 is 0 Å². The third kappa shape index (κ3) is 4.25. The summed E-state index contributed by atoms with van der Waals surface area (Å²) in [6.07, 6.45) is 1.88. The minimum atomic E-state index is 0.708. The fourth-order valence-electron chi connectivity index (χ4n) is 3.61. The van der Waals surface area contributed by atoms with Crippen molar-refractivity contribution in [3.63, 3.8) is 0 Å². The van der Waals surface area contributed by atoms with Crippen LogP contribution in [-0.2, 0) is 0 Å². The highest BCUT2D eigenvalue weighted by Crippen LogP contribution is 2.33. The molecule has 0 unspecified atom stereocenters. The number of hydrogen-bond donors (Lipinski definition) is 0. The summed E-state index contributed by atoms with van der Waals surface area (Å²) in [7, 11) is 0. The van der Waals surface area contributed by atoms with Gasteiger partial charge in [0.2, 0.25) is 0 Å². The standard InChI is InChI=1S/C28H19ClN2/c29-23-13-16-27-26(17-23)25(21-9-5-2-6-10-21)18-28(31-27)22-11-14-24(15-12-22)30-19-20-7-3-1-4-8-20/h1-19H. The molecule has 0 aliphatic carbocycles. The fourth-order valence-corrected chi connectivity index (χ4v) is 3.78. The third-order valence-electron chi connectivity index (χ3n) is 5.18. The Hall–Kier alpha value is -3.75. The summed E-state index contributed by atoms with van der Waals surface area (Å²) in [5.74, 6) is 0. The quantitative estimate of drug-likeness (QED) is 0.271. The molecule has 0 radical (unpaired) electrons. The maximum absolute atomic E-state index is 6.29. The Morgan fingerprint density at radius 2 is 1.39 bits per heavy atom. The number of halogens is 1. The van der Waals surface area contributed by atoms with Crippen LogP contribution in [0.15, 0.2) is 114 Å². The van der Waals surface area contributed by atoms with E-state index in [0.29, 0.717) is 5.02 Å². The van der Waals surface area contributed by atoms with Crippen molar-refractivity contribution >= 4 is 34.4 Å². The lowest BCUT2D eigenvalue weighted by Crippen LogP contribution is -1.90. The molecule has 5 rings (SSSR count).